The van der Waals surface area contributed by atoms with E-state index in [1.54, 1.807) is 61.5 Å². The third kappa shape index (κ3) is 19.0. The molecule has 9 N–H and O–H groups in total. The van der Waals surface area contributed by atoms with Gasteiger partial charge in [0.1, 0.15) is 54.9 Å². The van der Waals surface area contributed by atoms with Crippen LogP contribution in [0.4, 0.5) is 0 Å². The third-order valence-corrected chi connectivity index (χ3v) is 12.4. The van der Waals surface area contributed by atoms with E-state index in [0.717, 1.165) is 0 Å². The molecule has 0 aliphatic carbocycles. The zero-order valence-corrected chi connectivity index (χ0v) is 44.5. The SMILES string of the molecule is CC=CCC(C)C(NC(=O)C(NC(=O)C1CC(C)N(C(=O)C(C)NC(=O)C(CC(C)C)NC(=O)C(N)C(C)C)C(C)C(=O)N(C)C(CC(C)C)C(=O)N1)C(C)C)C(=O)NC(CC)C(=O)NCC(=O)OC. The molecule has 21 nitrogen and oxygen atoms in total. The van der Waals surface area contributed by atoms with Gasteiger partial charge in [-0.3, -0.25) is 47.9 Å². The number of allylic oxidation sites excluding steroid dienone is 2. The van der Waals surface area contributed by atoms with Gasteiger partial charge < -0.3 is 57.5 Å². The molecule has 11 atom stereocenters. The molecule has 398 valence electrons. The van der Waals surface area contributed by atoms with Crippen LogP contribution in [-0.2, 0) is 52.7 Å². The Kier molecular flexibility index (Phi) is 26.3. The Hall–Kier alpha value is -5.60. The Bertz CT molecular complexity index is 1860. The van der Waals surface area contributed by atoms with E-state index >= 15 is 0 Å². The molecule has 1 aliphatic heterocycles. The van der Waals surface area contributed by atoms with Crippen LogP contribution >= 0.6 is 0 Å². The molecule has 0 aromatic carbocycles. The van der Waals surface area contributed by atoms with Gasteiger partial charge in [-0.2, -0.15) is 0 Å². The van der Waals surface area contributed by atoms with E-state index in [4.69, 9.17) is 5.73 Å². The van der Waals surface area contributed by atoms with Crippen molar-refractivity contribution < 1.29 is 52.7 Å². The van der Waals surface area contributed by atoms with Crippen molar-refractivity contribution in [3.63, 3.8) is 0 Å². The first-order valence-electron chi connectivity index (χ1n) is 24.7. The lowest BCUT2D eigenvalue weighted by Crippen LogP contribution is -2.65. The molecule has 1 aliphatic rings. The summed E-state index contributed by atoms with van der Waals surface area (Å²) < 4.78 is 4.58. The third-order valence-electron chi connectivity index (χ3n) is 12.4. The summed E-state index contributed by atoms with van der Waals surface area (Å²) >= 11 is 0. The van der Waals surface area contributed by atoms with Gasteiger partial charge in [-0.15, -0.1) is 0 Å². The minimum Gasteiger partial charge on any atom is -0.468 e. The van der Waals surface area contributed by atoms with E-state index in [9.17, 15) is 47.9 Å². The zero-order valence-electron chi connectivity index (χ0n) is 44.5. The fraction of sp³-hybridized carbons (Fsp3) is 0.755. The average Bonchev–Trinajstić information content (AvgIpc) is 3.29. The number of esters is 1. The maximum absolute atomic E-state index is 14.6. The van der Waals surface area contributed by atoms with Crippen LogP contribution in [0.1, 0.15) is 129 Å². The maximum atomic E-state index is 14.6. The molecule has 0 aromatic heterocycles. The monoisotopic (exact) mass is 991 g/mol. The molecule has 1 heterocycles. The summed E-state index contributed by atoms with van der Waals surface area (Å²) in [6, 6.07) is -11.2. The normalized spacial score (nSPS) is 20.9. The van der Waals surface area contributed by atoms with Crippen molar-refractivity contribution in [2.45, 2.75) is 189 Å². The molecule has 21 heteroatoms. The summed E-state index contributed by atoms with van der Waals surface area (Å²) in [5.41, 5.74) is 6.07. The summed E-state index contributed by atoms with van der Waals surface area (Å²) in [6.07, 6.45) is 4.33. The van der Waals surface area contributed by atoms with Crippen LogP contribution < -0.4 is 43.0 Å². The van der Waals surface area contributed by atoms with Crippen molar-refractivity contribution in [2.24, 2.45) is 35.3 Å². The molecule has 0 bridgehead atoms. The first-order valence-corrected chi connectivity index (χ1v) is 24.7. The molecule has 9 amide bonds. The molecule has 11 unspecified atom stereocenters. The van der Waals surface area contributed by atoms with Crippen molar-refractivity contribution in [3.8, 4) is 0 Å². The number of nitrogens with zero attached hydrogens (tertiary/aromatic N) is 2. The lowest BCUT2D eigenvalue weighted by Gasteiger charge is -2.42. The van der Waals surface area contributed by atoms with Crippen molar-refractivity contribution in [3.05, 3.63) is 12.2 Å². The molecule has 0 aromatic rings. The van der Waals surface area contributed by atoms with Gasteiger partial charge in [0.15, 0.2) is 0 Å². The van der Waals surface area contributed by atoms with Crippen molar-refractivity contribution in [1.29, 1.82) is 0 Å². The second kappa shape index (κ2) is 29.6. The number of nitrogens with two attached hydrogens (primary N) is 1. The second-order valence-electron chi connectivity index (χ2n) is 20.1. The smallest absolute Gasteiger partial charge is 0.325 e. The van der Waals surface area contributed by atoms with Gasteiger partial charge in [-0.05, 0) is 89.4 Å². The van der Waals surface area contributed by atoms with Crippen LogP contribution in [0, 0.1) is 29.6 Å². The molecule has 1 saturated heterocycles. The zero-order chi connectivity index (χ0) is 53.9. The summed E-state index contributed by atoms with van der Waals surface area (Å²) in [5.74, 6) is -7.90. The van der Waals surface area contributed by atoms with Gasteiger partial charge in [-0.1, -0.05) is 81.4 Å². The van der Waals surface area contributed by atoms with Gasteiger partial charge in [0.2, 0.25) is 53.2 Å². The number of likely N-dealkylation sites (N-methyl/N-ethyl adjacent to an activating group) is 1. The number of carbonyl (C=O) groups excluding carboxylic acids is 10. The van der Waals surface area contributed by atoms with Gasteiger partial charge in [-0.25, -0.2) is 0 Å². The second-order valence-corrected chi connectivity index (χ2v) is 20.1. The number of rotatable bonds is 24. The Morgan fingerprint density at radius 2 is 1.36 bits per heavy atom. The van der Waals surface area contributed by atoms with E-state index in [0.29, 0.717) is 6.42 Å². The molecule has 0 spiro atoms. The standard InChI is InChI=1S/C49H86N10O11/c1-17-19-20-29(11)40(47(67)53-33(18-2)41(61)51-24-37(60)70-16)57-46(66)39(28(9)10)56-43(63)35-23-30(12)59(32(14)49(69)58(15)36(22-26(5)6)44(64)54-35)48(68)31(13)52-42(62)34(21-25(3)4)55-45(65)38(50)27(7)8/h17,19,25-36,38-40H,18,20-24,50H2,1-16H3,(H,51,61)(H,52,62)(H,53,67)(H,54,64)(H,55,65)(H,56,63)(H,57,66). The average molecular weight is 991 g/mol. The van der Waals surface area contributed by atoms with E-state index in [1.165, 1.54) is 37.8 Å². The van der Waals surface area contributed by atoms with E-state index in [-0.39, 0.29) is 43.4 Å². The summed E-state index contributed by atoms with van der Waals surface area (Å²) in [4.78, 5) is 139. The van der Waals surface area contributed by atoms with Crippen LogP contribution in [0.2, 0.25) is 0 Å². The highest BCUT2D eigenvalue weighted by Crippen LogP contribution is 2.22. The fourth-order valence-electron chi connectivity index (χ4n) is 8.03. The Morgan fingerprint density at radius 3 is 1.87 bits per heavy atom. The summed E-state index contributed by atoms with van der Waals surface area (Å²) in [7, 11) is 2.62. The molecule has 70 heavy (non-hydrogen) atoms. The van der Waals surface area contributed by atoms with Crippen LogP contribution in [0.5, 0.6) is 0 Å². The number of nitrogens with one attached hydrogen (secondary N) is 7. The first kappa shape index (κ1) is 62.4. The number of hydrogen-bond donors (Lipinski definition) is 8. The predicted molar refractivity (Wildman–Crippen MR) is 265 cm³/mol. The molecular weight excluding hydrogens is 905 g/mol. The van der Waals surface area contributed by atoms with E-state index in [2.05, 4.69) is 42.0 Å². The lowest BCUT2D eigenvalue weighted by molar-refractivity contribution is -0.153. The Labute approximate surface area is 415 Å². The maximum Gasteiger partial charge on any atom is 0.325 e. The lowest BCUT2D eigenvalue weighted by atomic mass is 9.94. The quantitative estimate of drug-likeness (QED) is 0.0492. The highest BCUT2D eigenvalue weighted by molar-refractivity contribution is 5.99. The summed E-state index contributed by atoms with van der Waals surface area (Å²) in [5, 5.41) is 18.9. The highest BCUT2D eigenvalue weighted by Gasteiger charge is 2.43. The minimum absolute atomic E-state index is 0.0293. The van der Waals surface area contributed by atoms with Gasteiger partial charge in [0.05, 0.1) is 13.2 Å². The molecule has 1 fully saturated rings. The van der Waals surface area contributed by atoms with E-state index in [1.807, 2.05) is 33.8 Å². The van der Waals surface area contributed by atoms with E-state index < -0.39 is 138 Å². The fourth-order valence-corrected chi connectivity index (χ4v) is 8.03. The predicted octanol–water partition coefficient (Wildman–Crippen LogP) is 0.784. The van der Waals surface area contributed by atoms with Crippen LogP contribution in [-0.4, -0.2) is 150 Å². The Morgan fingerprint density at radius 1 is 0.771 bits per heavy atom. The van der Waals surface area contributed by atoms with Crippen LogP contribution in [0.25, 0.3) is 0 Å². The number of carbonyl (C=O) groups is 10. The van der Waals surface area contributed by atoms with Crippen molar-refractivity contribution >= 4 is 59.1 Å². The molecule has 1 rings (SSSR count). The number of amides is 9. The van der Waals surface area contributed by atoms with Crippen molar-refractivity contribution in [1.82, 2.24) is 47.0 Å². The Balaban J connectivity index is 3.68. The topological polar surface area (TPSA) is 297 Å². The van der Waals surface area contributed by atoms with Gasteiger partial charge in [0, 0.05) is 13.1 Å². The largest absolute Gasteiger partial charge is 0.468 e. The van der Waals surface area contributed by atoms with Crippen LogP contribution in [0.15, 0.2) is 12.2 Å². The van der Waals surface area contributed by atoms with Crippen LogP contribution in [0.3, 0.4) is 0 Å². The summed E-state index contributed by atoms with van der Waals surface area (Å²) in [6.45, 7) is 23.8. The minimum atomic E-state index is -1.36. The molecular formula is C49H86N10O11. The highest BCUT2D eigenvalue weighted by atomic mass is 16.5. The first-order chi connectivity index (χ1) is 32.5. The van der Waals surface area contributed by atoms with Crippen molar-refractivity contribution in [2.75, 3.05) is 20.7 Å². The van der Waals surface area contributed by atoms with Gasteiger partial charge in [0.25, 0.3) is 0 Å². The molecule has 0 radical (unpaired) electrons. The van der Waals surface area contributed by atoms with Gasteiger partial charge >= 0.3 is 5.97 Å². The number of hydrogen-bond acceptors (Lipinski definition) is 12. The number of ether oxygens (including phenoxy) is 1. The molecule has 0 saturated carbocycles. The number of methoxy groups -OCH3 is 1.